The molecule has 2 aromatic rings. The lowest BCUT2D eigenvalue weighted by atomic mass is 9.97. The van der Waals surface area contributed by atoms with Crippen LogP contribution < -0.4 is 10.4 Å². The molecule has 158 valence electrons. The van der Waals surface area contributed by atoms with Crippen molar-refractivity contribution in [1.82, 2.24) is 0 Å². The van der Waals surface area contributed by atoms with Gasteiger partial charge in [0.25, 0.3) is 8.32 Å². The number of hydrogen-bond donors (Lipinski definition) is 2. The lowest BCUT2D eigenvalue weighted by molar-refractivity contribution is -0.137. The molecule has 0 aliphatic carbocycles. The zero-order chi connectivity index (χ0) is 21.1. The molecule has 1 aliphatic rings. The predicted molar refractivity (Wildman–Crippen MR) is 116 cm³/mol. The maximum absolute atomic E-state index is 10.9. The number of benzene rings is 2. The van der Waals surface area contributed by atoms with E-state index in [1.807, 2.05) is 36.4 Å². The summed E-state index contributed by atoms with van der Waals surface area (Å²) in [6.07, 6.45) is -1.01. The third kappa shape index (κ3) is 4.19. The first-order valence-corrected chi connectivity index (χ1v) is 11.9. The van der Waals surface area contributed by atoms with Crippen molar-refractivity contribution in [1.29, 1.82) is 0 Å². The van der Waals surface area contributed by atoms with Gasteiger partial charge in [-0.2, -0.15) is 0 Å². The fourth-order valence-corrected chi connectivity index (χ4v) is 8.80. The molecule has 3 rings (SSSR count). The van der Waals surface area contributed by atoms with E-state index in [1.54, 1.807) is 0 Å². The van der Waals surface area contributed by atoms with Gasteiger partial charge >= 0.3 is 0 Å². The molecule has 0 spiro atoms. The highest BCUT2D eigenvalue weighted by atomic mass is 28.4. The first-order valence-electron chi connectivity index (χ1n) is 10.0. The molecule has 0 aromatic heterocycles. The highest BCUT2D eigenvalue weighted by Gasteiger charge is 2.53. The van der Waals surface area contributed by atoms with Gasteiger partial charge in [0, 0.05) is 13.5 Å². The van der Waals surface area contributed by atoms with Gasteiger partial charge in [-0.1, -0.05) is 81.4 Å². The van der Waals surface area contributed by atoms with Gasteiger partial charge in [-0.05, 0) is 15.4 Å². The Morgan fingerprint density at radius 2 is 1.55 bits per heavy atom. The van der Waals surface area contributed by atoms with E-state index < -0.39 is 32.9 Å². The number of methoxy groups -OCH3 is 1. The Morgan fingerprint density at radius 3 is 1.97 bits per heavy atom. The standard InChI is InChI=1S/C23H32O5Si/c1-22(2,3)29(18-11-7-5-8-12-18,19-13-9-6-10-14-19)27-16-20-23(25,17-24)15-21(26-4)28-20/h5-14,20-21,24-25H,15-17H2,1-4H3/t20-,21+,23-/m1/s1. The fourth-order valence-electron chi connectivity index (χ4n) is 4.24. The maximum Gasteiger partial charge on any atom is 0.261 e. The number of ether oxygens (including phenoxy) is 2. The van der Waals surface area contributed by atoms with Crippen molar-refractivity contribution in [2.24, 2.45) is 0 Å². The molecule has 2 N–H and O–H groups in total. The molecule has 29 heavy (non-hydrogen) atoms. The van der Waals surface area contributed by atoms with Crippen LogP contribution in [0.1, 0.15) is 27.2 Å². The minimum Gasteiger partial charge on any atom is -0.405 e. The topological polar surface area (TPSA) is 68.2 Å². The van der Waals surface area contributed by atoms with E-state index in [0.29, 0.717) is 0 Å². The Kier molecular flexibility index (Phi) is 6.63. The summed E-state index contributed by atoms with van der Waals surface area (Å²) in [4.78, 5) is 0. The van der Waals surface area contributed by atoms with E-state index in [9.17, 15) is 10.2 Å². The summed E-state index contributed by atoms with van der Waals surface area (Å²) in [6.45, 7) is 6.37. The second-order valence-corrected chi connectivity index (χ2v) is 13.0. The van der Waals surface area contributed by atoms with Gasteiger partial charge < -0.3 is 24.1 Å². The van der Waals surface area contributed by atoms with E-state index >= 15 is 0 Å². The molecule has 1 saturated heterocycles. The fraction of sp³-hybridized carbons (Fsp3) is 0.478. The lowest BCUT2D eigenvalue weighted by Crippen LogP contribution is -2.67. The van der Waals surface area contributed by atoms with Crippen molar-refractivity contribution < 1.29 is 24.1 Å². The molecule has 1 fully saturated rings. The van der Waals surface area contributed by atoms with E-state index in [0.717, 1.165) is 10.4 Å². The summed E-state index contributed by atoms with van der Waals surface area (Å²) in [5.41, 5.74) is -1.38. The normalized spacial score (nSPS) is 25.3. The predicted octanol–water partition coefficient (Wildman–Crippen LogP) is 2.05. The van der Waals surface area contributed by atoms with Crippen molar-refractivity contribution in [3.63, 3.8) is 0 Å². The van der Waals surface area contributed by atoms with Crippen LogP contribution in [0.3, 0.4) is 0 Å². The first kappa shape index (κ1) is 22.1. The van der Waals surface area contributed by atoms with E-state index in [2.05, 4.69) is 45.0 Å². The minimum absolute atomic E-state index is 0.171. The van der Waals surface area contributed by atoms with Crippen LogP contribution in [-0.4, -0.2) is 56.8 Å². The quantitative estimate of drug-likeness (QED) is 0.676. The van der Waals surface area contributed by atoms with Crippen molar-refractivity contribution in [3.8, 4) is 0 Å². The van der Waals surface area contributed by atoms with Crippen LogP contribution in [0, 0.1) is 0 Å². The van der Waals surface area contributed by atoms with Crippen molar-refractivity contribution in [2.45, 2.75) is 50.2 Å². The second kappa shape index (κ2) is 8.68. The highest BCUT2D eigenvalue weighted by molar-refractivity contribution is 6.99. The zero-order valence-electron chi connectivity index (χ0n) is 17.7. The zero-order valence-corrected chi connectivity index (χ0v) is 18.7. The average molecular weight is 417 g/mol. The third-order valence-corrected chi connectivity index (χ3v) is 10.8. The number of aliphatic hydroxyl groups excluding tert-OH is 1. The molecule has 3 atom stereocenters. The smallest absolute Gasteiger partial charge is 0.261 e. The van der Waals surface area contributed by atoms with Crippen molar-refractivity contribution in [3.05, 3.63) is 60.7 Å². The molecule has 0 unspecified atom stereocenters. The molecule has 0 saturated carbocycles. The van der Waals surface area contributed by atoms with Gasteiger partial charge in [-0.15, -0.1) is 0 Å². The van der Waals surface area contributed by atoms with Gasteiger partial charge in [0.05, 0.1) is 13.2 Å². The number of aliphatic hydroxyl groups is 2. The Morgan fingerprint density at radius 1 is 1.03 bits per heavy atom. The van der Waals surface area contributed by atoms with Gasteiger partial charge in [0.2, 0.25) is 0 Å². The van der Waals surface area contributed by atoms with Crippen molar-refractivity contribution >= 4 is 18.7 Å². The van der Waals surface area contributed by atoms with E-state index in [-0.39, 0.29) is 18.1 Å². The molecular weight excluding hydrogens is 384 g/mol. The lowest BCUT2D eigenvalue weighted by Gasteiger charge is -2.44. The summed E-state index contributed by atoms with van der Waals surface area (Å²) in [5, 5.41) is 22.8. The molecule has 5 nitrogen and oxygen atoms in total. The Labute approximate surface area is 174 Å². The third-order valence-electron chi connectivity index (χ3n) is 5.84. The molecule has 1 heterocycles. The van der Waals surface area contributed by atoms with Crippen molar-refractivity contribution in [2.75, 3.05) is 20.3 Å². The Bertz CT molecular complexity index is 737. The molecule has 2 aromatic carbocycles. The van der Waals surface area contributed by atoms with Gasteiger partial charge in [0.15, 0.2) is 6.29 Å². The molecule has 1 aliphatic heterocycles. The van der Waals surface area contributed by atoms with E-state index in [1.165, 1.54) is 7.11 Å². The second-order valence-electron chi connectivity index (χ2n) is 8.73. The monoisotopic (exact) mass is 416 g/mol. The summed E-state index contributed by atoms with van der Waals surface area (Å²) in [6, 6.07) is 20.6. The summed E-state index contributed by atoms with van der Waals surface area (Å²) in [5.74, 6) is 0. The van der Waals surface area contributed by atoms with Crippen LogP contribution in [0.5, 0.6) is 0 Å². The van der Waals surface area contributed by atoms with Gasteiger partial charge in [0.1, 0.15) is 11.7 Å². The molecule has 0 bridgehead atoms. The summed E-state index contributed by atoms with van der Waals surface area (Å²) in [7, 11) is -1.20. The molecule has 6 heteroatoms. The molecule has 0 radical (unpaired) electrons. The van der Waals surface area contributed by atoms with Crippen LogP contribution >= 0.6 is 0 Å². The first-order chi connectivity index (χ1) is 13.8. The number of hydrogen-bond acceptors (Lipinski definition) is 5. The van der Waals surface area contributed by atoms with Gasteiger partial charge in [-0.25, -0.2) is 0 Å². The minimum atomic E-state index is -2.74. The highest BCUT2D eigenvalue weighted by Crippen LogP contribution is 2.38. The van der Waals surface area contributed by atoms with E-state index in [4.69, 9.17) is 13.9 Å². The van der Waals surface area contributed by atoms with Crippen LogP contribution in [0.25, 0.3) is 0 Å². The molecular formula is C23H32O5Si. The number of rotatable bonds is 7. The van der Waals surface area contributed by atoms with Gasteiger partial charge in [-0.3, -0.25) is 0 Å². The Balaban J connectivity index is 2.03. The summed E-state index contributed by atoms with van der Waals surface area (Å²) >= 11 is 0. The average Bonchev–Trinajstić information content (AvgIpc) is 3.05. The maximum atomic E-state index is 10.9. The SMILES string of the molecule is CO[C@@H]1C[C@@](O)(CO)[C@@H](CO[Si](c2ccccc2)(c2ccccc2)C(C)(C)C)O1. The van der Waals surface area contributed by atoms with Crippen LogP contribution in [0.15, 0.2) is 60.7 Å². The Hall–Kier alpha value is -1.54. The molecule has 0 amide bonds. The largest absolute Gasteiger partial charge is 0.405 e. The summed E-state index contributed by atoms with van der Waals surface area (Å²) < 4.78 is 18.0. The van der Waals surface area contributed by atoms with Crippen LogP contribution in [0.4, 0.5) is 0 Å². The van der Waals surface area contributed by atoms with Crippen LogP contribution in [0.2, 0.25) is 5.04 Å². The van der Waals surface area contributed by atoms with Crippen LogP contribution in [-0.2, 0) is 13.9 Å².